The molecule has 1 aromatic heterocycles. The third-order valence-electron chi connectivity index (χ3n) is 3.96. The Balaban J connectivity index is 2.00. The average molecular weight is 313 g/mol. The molecular formula is C15H23NO4S. The van der Waals surface area contributed by atoms with E-state index in [1.165, 1.54) is 6.26 Å². The smallest absolute Gasteiger partial charge is 0.223 e. The fourth-order valence-electron chi connectivity index (χ4n) is 2.82. The highest BCUT2D eigenvalue weighted by Gasteiger charge is 2.32. The predicted octanol–water partition coefficient (Wildman–Crippen LogP) is 2.40. The maximum Gasteiger partial charge on any atom is 0.223 e. The van der Waals surface area contributed by atoms with Gasteiger partial charge < -0.3 is 9.32 Å². The van der Waals surface area contributed by atoms with Gasteiger partial charge in [0.15, 0.2) is 0 Å². The number of rotatable bonds is 5. The lowest BCUT2D eigenvalue weighted by Crippen LogP contribution is -2.40. The zero-order chi connectivity index (χ0) is 15.5. The molecule has 2 heterocycles. The van der Waals surface area contributed by atoms with Crippen LogP contribution in [0.15, 0.2) is 22.8 Å². The molecule has 21 heavy (non-hydrogen) atoms. The summed E-state index contributed by atoms with van der Waals surface area (Å²) in [5.41, 5.74) is 0. The van der Waals surface area contributed by atoms with Crippen LogP contribution in [-0.4, -0.2) is 37.8 Å². The molecule has 2 rings (SSSR count). The van der Waals surface area contributed by atoms with Gasteiger partial charge in [-0.1, -0.05) is 6.92 Å². The lowest BCUT2D eigenvalue weighted by molar-refractivity contribution is -0.136. The molecule has 1 aliphatic heterocycles. The van der Waals surface area contributed by atoms with Crippen molar-refractivity contribution in [1.29, 1.82) is 0 Å². The van der Waals surface area contributed by atoms with Gasteiger partial charge in [-0.3, -0.25) is 4.79 Å². The minimum absolute atomic E-state index is 0.0190. The molecule has 0 aromatic carbocycles. The lowest BCUT2D eigenvalue weighted by Gasteiger charge is -2.37. The Morgan fingerprint density at radius 2 is 2.24 bits per heavy atom. The van der Waals surface area contributed by atoms with E-state index in [2.05, 4.69) is 6.92 Å². The molecule has 1 fully saturated rings. The van der Waals surface area contributed by atoms with E-state index < -0.39 is 9.84 Å². The highest BCUT2D eigenvalue weighted by atomic mass is 32.2. The van der Waals surface area contributed by atoms with Gasteiger partial charge in [-0.05, 0) is 37.3 Å². The van der Waals surface area contributed by atoms with Crippen LogP contribution in [0.25, 0.3) is 0 Å². The van der Waals surface area contributed by atoms with Crippen molar-refractivity contribution in [3.63, 3.8) is 0 Å². The van der Waals surface area contributed by atoms with Gasteiger partial charge in [0, 0.05) is 19.2 Å². The Bertz CT molecular complexity index is 565. The van der Waals surface area contributed by atoms with Gasteiger partial charge in [0.25, 0.3) is 0 Å². The van der Waals surface area contributed by atoms with Crippen LogP contribution in [0.3, 0.4) is 0 Å². The van der Waals surface area contributed by atoms with Crippen molar-refractivity contribution >= 4 is 15.7 Å². The summed E-state index contributed by atoms with van der Waals surface area (Å²) in [4.78, 5) is 14.2. The monoisotopic (exact) mass is 313 g/mol. The normalized spacial score (nSPS) is 23.2. The molecule has 1 aliphatic rings. The highest BCUT2D eigenvalue weighted by molar-refractivity contribution is 7.90. The topological polar surface area (TPSA) is 67.6 Å². The van der Waals surface area contributed by atoms with Crippen LogP contribution in [0.2, 0.25) is 0 Å². The van der Waals surface area contributed by atoms with Gasteiger partial charge in [-0.2, -0.15) is 0 Å². The molecule has 0 aliphatic carbocycles. The molecule has 0 N–H and O–H groups in total. The molecule has 1 amide bonds. The summed E-state index contributed by atoms with van der Waals surface area (Å²) < 4.78 is 27.8. The van der Waals surface area contributed by atoms with Crippen molar-refractivity contribution in [3.8, 4) is 0 Å². The minimum Gasteiger partial charge on any atom is -0.467 e. The van der Waals surface area contributed by atoms with Crippen molar-refractivity contribution < 1.29 is 17.6 Å². The van der Waals surface area contributed by atoms with Crippen molar-refractivity contribution in [2.45, 2.75) is 38.6 Å². The lowest BCUT2D eigenvalue weighted by atomic mass is 9.91. The van der Waals surface area contributed by atoms with Crippen molar-refractivity contribution in [2.75, 3.05) is 18.6 Å². The predicted molar refractivity (Wildman–Crippen MR) is 80.5 cm³/mol. The number of hydrogen-bond donors (Lipinski definition) is 0. The van der Waals surface area contributed by atoms with E-state index in [-0.39, 0.29) is 24.1 Å². The Hall–Kier alpha value is -1.30. The van der Waals surface area contributed by atoms with Gasteiger partial charge in [0.1, 0.15) is 15.6 Å². The first-order chi connectivity index (χ1) is 9.87. The van der Waals surface area contributed by atoms with Gasteiger partial charge in [-0.15, -0.1) is 0 Å². The molecule has 1 saturated heterocycles. The molecule has 0 spiro atoms. The molecule has 6 heteroatoms. The number of amides is 1. The zero-order valence-corrected chi connectivity index (χ0v) is 13.4. The summed E-state index contributed by atoms with van der Waals surface area (Å²) in [7, 11) is -3.01. The first-order valence-corrected chi connectivity index (χ1v) is 9.43. The Morgan fingerprint density at radius 1 is 1.48 bits per heavy atom. The van der Waals surface area contributed by atoms with Crippen LogP contribution in [0, 0.1) is 5.92 Å². The molecule has 118 valence electrons. The second kappa shape index (κ2) is 6.64. The quantitative estimate of drug-likeness (QED) is 0.837. The van der Waals surface area contributed by atoms with Crippen LogP contribution >= 0.6 is 0 Å². The van der Waals surface area contributed by atoms with Gasteiger partial charge in [0.2, 0.25) is 5.91 Å². The number of sulfone groups is 1. The third kappa shape index (κ3) is 4.59. The number of carbonyl (C=O) groups excluding carboxylic acids is 1. The second-order valence-corrected chi connectivity index (χ2v) is 8.24. The summed E-state index contributed by atoms with van der Waals surface area (Å²) in [6.45, 7) is 2.89. The summed E-state index contributed by atoms with van der Waals surface area (Å²) in [5, 5.41) is 0. The highest BCUT2D eigenvalue weighted by Crippen LogP contribution is 2.34. The first kappa shape index (κ1) is 16.1. The number of nitrogens with zero attached hydrogens (tertiary/aromatic N) is 1. The van der Waals surface area contributed by atoms with Gasteiger partial charge in [-0.25, -0.2) is 8.42 Å². The van der Waals surface area contributed by atoms with Crippen LogP contribution in [0.5, 0.6) is 0 Å². The van der Waals surface area contributed by atoms with Crippen molar-refractivity contribution in [3.05, 3.63) is 24.2 Å². The molecule has 5 nitrogen and oxygen atoms in total. The summed E-state index contributed by atoms with van der Waals surface area (Å²) in [6, 6.07) is 3.72. The van der Waals surface area contributed by atoms with Gasteiger partial charge in [0.05, 0.1) is 18.1 Å². The van der Waals surface area contributed by atoms with E-state index in [0.717, 1.165) is 18.6 Å². The van der Waals surface area contributed by atoms with Crippen molar-refractivity contribution in [1.82, 2.24) is 4.90 Å². The Labute approximate surface area is 126 Å². The second-order valence-electron chi connectivity index (χ2n) is 5.98. The molecule has 0 saturated carbocycles. The molecule has 0 unspecified atom stereocenters. The molecule has 0 bridgehead atoms. The largest absolute Gasteiger partial charge is 0.467 e. The van der Waals surface area contributed by atoms with Crippen LogP contribution in [0.4, 0.5) is 0 Å². The number of furan rings is 1. The molecule has 0 radical (unpaired) electrons. The average Bonchev–Trinajstić information content (AvgIpc) is 2.90. The molecular weight excluding hydrogens is 290 g/mol. The molecule has 1 aromatic rings. The van der Waals surface area contributed by atoms with Crippen LogP contribution in [0.1, 0.15) is 44.4 Å². The zero-order valence-electron chi connectivity index (χ0n) is 12.6. The summed E-state index contributed by atoms with van der Waals surface area (Å²) >= 11 is 0. The van der Waals surface area contributed by atoms with Crippen LogP contribution in [-0.2, 0) is 14.6 Å². The first-order valence-electron chi connectivity index (χ1n) is 7.37. The summed E-state index contributed by atoms with van der Waals surface area (Å²) in [5.74, 6) is 1.46. The van der Waals surface area contributed by atoms with E-state index in [1.807, 2.05) is 17.0 Å². The van der Waals surface area contributed by atoms with Crippen molar-refractivity contribution in [2.24, 2.45) is 5.92 Å². The van der Waals surface area contributed by atoms with E-state index in [1.54, 1.807) is 6.26 Å². The van der Waals surface area contributed by atoms with E-state index in [4.69, 9.17) is 4.42 Å². The fraction of sp³-hybridized carbons (Fsp3) is 0.667. The number of carbonyl (C=O) groups is 1. The summed E-state index contributed by atoms with van der Waals surface area (Å²) in [6.07, 6.45) is 5.36. The maximum atomic E-state index is 12.4. The standard InChI is InChI=1S/C15H23NO4S/c1-12-7-8-16(13(11-12)14-5-3-9-20-14)15(17)6-4-10-21(2,18)19/h3,5,9,12-13H,4,6-8,10-11H2,1-2H3/t12-,13+/m0/s1. The maximum absolute atomic E-state index is 12.4. The number of likely N-dealkylation sites (tertiary alicyclic amines) is 1. The van der Waals surface area contributed by atoms with Crippen LogP contribution < -0.4 is 0 Å². The van der Waals surface area contributed by atoms with Gasteiger partial charge >= 0.3 is 0 Å². The number of piperidine rings is 1. The third-order valence-corrected chi connectivity index (χ3v) is 4.99. The Kier molecular flexibility index (Phi) is 5.08. The fourth-order valence-corrected chi connectivity index (χ4v) is 3.49. The Morgan fingerprint density at radius 3 is 2.86 bits per heavy atom. The SMILES string of the molecule is C[C@H]1CCN(C(=O)CCCS(C)(=O)=O)[C@@H](c2ccco2)C1. The van der Waals surface area contributed by atoms with E-state index >= 15 is 0 Å². The number of hydrogen-bond acceptors (Lipinski definition) is 4. The molecule has 2 atom stereocenters. The van der Waals surface area contributed by atoms with E-state index in [0.29, 0.717) is 18.9 Å². The minimum atomic E-state index is -3.01. The van der Waals surface area contributed by atoms with E-state index in [9.17, 15) is 13.2 Å².